The van der Waals surface area contributed by atoms with Gasteiger partial charge in [0.25, 0.3) is 0 Å². The van der Waals surface area contributed by atoms with E-state index in [2.05, 4.69) is 20.9 Å². The summed E-state index contributed by atoms with van der Waals surface area (Å²) in [6.45, 7) is 0. The van der Waals surface area contributed by atoms with E-state index in [9.17, 15) is 0 Å². The van der Waals surface area contributed by atoms with Crippen molar-refractivity contribution in [3.8, 4) is 0 Å². The Balaban J connectivity index is 2.55. The van der Waals surface area contributed by atoms with E-state index in [1.165, 1.54) is 0 Å². The highest BCUT2D eigenvalue weighted by Crippen LogP contribution is 2.35. The number of aromatic nitrogens is 1. The van der Waals surface area contributed by atoms with Gasteiger partial charge in [-0.25, -0.2) is 0 Å². The van der Waals surface area contributed by atoms with Gasteiger partial charge in [0.15, 0.2) is 0 Å². The Hall–Kier alpha value is -0.700. The van der Waals surface area contributed by atoms with Gasteiger partial charge in [0.2, 0.25) is 0 Å². The van der Waals surface area contributed by atoms with Gasteiger partial charge in [-0.15, -0.1) is 0 Å². The molecule has 0 radical (unpaired) electrons. The lowest BCUT2D eigenvalue weighted by atomic mass is 10.1. The Labute approximate surface area is 110 Å². The second-order valence-corrected chi connectivity index (χ2v) is 5.24. The first-order valence-corrected chi connectivity index (χ1v) is 6.26. The Morgan fingerprint density at radius 2 is 1.75 bits per heavy atom. The van der Waals surface area contributed by atoms with Crippen LogP contribution < -0.4 is 0 Å². The molecule has 80 valence electrons. The van der Waals surface area contributed by atoms with Crippen molar-refractivity contribution < 1.29 is 0 Å². The van der Waals surface area contributed by atoms with Gasteiger partial charge >= 0.3 is 0 Å². The van der Waals surface area contributed by atoms with Gasteiger partial charge in [-0.2, -0.15) is 0 Å². The van der Waals surface area contributed by atoms with Crippen LogP contribution in [0, 0.1) is 0 Å². The molecular formula is C12H6BrCl2N. The van der Waals surface area contributed by atoms with E-state index in [1.54, 1.807) is 0 Å². The molecule has 0 saturated heterocycles. The van der Waals surface area contributed by atoms with Crippen molar-refractivity contribution in [1.82, 2.24) is 4.98 Å². The van der Waals surface area contributed by atoms with Crippen LogP contribution >= 0.6 is 39.1 Å². The van der Waals surface area contributed by atoms with Crippen LogP contribution in [-0.2, 0) is 0 Å². The third-order valence-corrected chi connectivity index (χ3v) is 4.23. The molecule has 0 aliphatic heterocycles. The van der Waals surface area contributed by atoms with Crippen LogP contribution in [0.2, 0.25) is 10.0 Å². The van der Waals surface area contributed by atoms with Crippen LogP contribution in [0.4, 0.5) is 0 Å². The first-order chi connectivity index (χ1) is 7.66. The number of benzene rings is 2. The summed E-state index contributed by atoms with van der Waals surface area (Å²) in [6.07, 6.45) is 0. The molecule has 1 N–H and O–H groups in total. The monoisotopic (exact) mass is 313 g/mol. The second kappa shape index (κ2) is 3.66. The van der Waals surface area contributed by atoms with E-state index in [4.69, 9.17) is 23.2 Å². The summed E-state index contributed by atoms with van der Waals surface area (Å²) in [5, 5.41) is 3.71. The highest BCUT2D eigenvalue weighted by molar-refractivity contribution is 9.10. The molecule has 1 nitrogen and oxygen atoms in total. The van der Waals surface area contributed by atoms with E-state index in [0.29, 0.717) is 5.02 Å². The largest absolute Gasteiger partial charge is 0.354 e. The molecule has 3 rings (SSSR count). The molecular weight excluding hydrogens is 309 g/mol. The first-order valence-electron chi connectivity index (χ1n) is 4.72. The molecule has 0 unspecified atom stereocenters. The highest BCUT2D eigenvalue weighted by Gasteiger charge is 2.09. The molecule has 2 aromatic carbocycles. The van der Waals surface area contributed by atoms with Crippen molar-refractivity contribution in [3.05, 3.63) is 44.8 Å². The molecule has 0 spiro atoms. The third kappa shape index (κ3) is 1.45. The van der Waals surface area contributed by atoms with Crippen LogP contribution in [0.3, 0.4) is 0 Å². The van der Waals surface area contributed by atoms with Crippen LogP contribution in [0.1, 0.15) is 0 Å². The zero-order chi connectivity index (χ0) is 11.3. The standard InChI is InChI=1S/C12H6BrCl2N/c13-11-9(15)4-3-8-7-2-1-6(14)5-10(7)16-12(8)11/h1-5,16H. The maximum atomic E-state index is 6.05. The number of fused-ring (bicyclic) bond motifs is 3. The van der Waals surface area contributed by atoms with Crippen molar-refractivity contribution in [3.63, 3.8) is 0 Å². The van der Waals surface area contributed by atoms with Crippen molar-refractivity contribution in [2.24, 2.45) is 0 Å². The summed E-state index contributed by atoms with van der Waals surface area (Å²) in [4.78, 5) is 3.31. The Bertz CT molecular complexity index is 703. The Kier molecular flexibility index (Phi) is 2.39. The van der Waals surface area contributed by atoms with E-state index >= 15 is 0 Å². The zero-order valence-corrected chi connectivity index (χ0v) is 11.1. The van der Waals surface area contributed by atoms with Gasteiger partial charge in [-0.1, -0.05) is 35.3 Å². The smallest absolute Gasteiger partial charge is 0.0624 e. The lowest BCUT2D eigenvalue weighted by molar-refractivity contribution is 1.53. The number of H-pyrrole nitrogens is 1. The molecule has 0 saturated carbocycles. The van der Waals surface area contributed by atoms with Crippen molar-refractivity contribution in [2.75, 3.05) is 0 Å². The minimum Gasteiger partial charge on any atom is -0.354 e. The number of halogens is 3. The number of aromatic amines is 1. The van der Waals surface area contributed by atoms with Crippen LogP contribution in [-0.4, -0.2) is 4.98 Å². The van der Waals surface area contributed by atoms with Gasteiger partial charge < -0.3 is 4.98 Å². The first kappa shape index (κ1) is 10.5. The number of hydrogen-bond acceptors (Lipinski definition) is 0. The summed E-state index contributed by atoms with van der Waals surface area (Å²) in [6, 6.07) is 9.71. The normalized spacial score (nSPS) is 11.4. The molecule has 1 heterocycles. The molecule has 0 amide bonds. The lowest BCUT2D eigenvalue weighted by Gasteiger charge is -1.96. The number of hydrogen-bond donors (Lipinski definition) is 1. The minimum absolute atomic E-state index is 0.699. The molecule has 3 aromatic rings. The highest BCUT2D eigenvalue weighted by atomic mass is 79.9. The maximum Gasteiger partial charge on any atom is 0.0624 e. The van der Waals surface area contributed by atoms with E-state index in [-0.39, 0.29) is 0 Å². The summed E-state index contributed by atoms with van der Waals surface area (Å²) in [5.41, 5.74) is 2.02. The van der Waals surface area contributed by atoms with Crippen molar-refractivity contribution >= 4 is 60.9 Å². The predicted octanol–water partition coefficient (Wildman–Crippen LogP) is 5.39. The van der Waals surface area contributed by atoms with Gasteiger partial charge in [-0.05, 0) is 34.1 Å². The maximum absolute atomic E-state index is 6.05. The average molecular weight is 315 g/mol. The van der Waals surface area contributed by atoms with Crippen LogP contribution in [0.25, 0.3) is 21.8 Å². The van der Waals surface area contributed by atoms with Gasteiger partial charge in [0.05, 0.1) is 15.0 Å². The molecule has 4 heteroatoms. The van der Waals surface area contributed by atoms with Crippen molar-refractivity contribution in [2.45, 2.75) is 0 Å². The minimum atomic E-state index is 0.699. The molecule has 1 aromatic heterocycles. The molecule has 16 heavy (non-hydrogen) atoms. The van der Waals surface area contributed by atoms with E-state index in [1.807, 2.05) is 30.3 Å². The van der Waals surface area contributed by atoms with Crippen LogP contribution in [0.5, 0.6) is 0 Å². The molecule has 0 bridgehead atoms. The van der Waals surface area contributed by atoms with E-state index < -0.39 is 0 Å². The second-order valence-electron chi connectivity index (χ2n) is 3.60. The van der Waals surface area contributed by atoms with Crippen LogP contribution in [0.15, 0.2) is 34.8 Å². The molecule has 0 aliphatic carbocycles. The summed E-state index contributed by atoms with van der Waals surface area (Å²) < 4.78 is 0.888. The Morgan fingerprint density at radius 1 is 1.00 bits per heavy atom. The fourth-order valence-corrected chi connectivity index (χ4v) is 2.66. The number of nitrogens with one attached hydrogen (secondary N) is 1. The quantitative estimate of drug-likeness (QED) is 0.572. The Morgan fingerprint density at radius 3 is 2.56 bits per heavy atom. The van der Waals surface area contributed by atoms with Gasteiger partial charge in [-0.3, -0.25) is 0 Å². The average Bonchev–Trinajstić information content (AvgIpc) is 2.62. The lowest BCUT2D eigenvalue weighted by Crippen LogP contribution is -1.72. The summed E-state index contributed by atoms with van der Waals surface area (Å²) >= 11 is 15.5. The fraction of sp³-hybridized carbons (Fsp3) is 0. The molecule has 0 atom stereocenters. The molecule has 0 fully saturated rings. The van der Waals surface area contributed by atoms with Gasteiger partial charge in [0.1, 0.15) is 0 Å². The zero-order valence-electron chi connectivity index (χ0n) is 8.02. The third-order valence-electron chi connectivity index (χ3n) is 2.63. The predicted molar refractivity (Wildman–Crippen MR) is 73.5 cm³/mol. The summed E-state index contributed by atoms with van der Waals surface area (Å²) in [5.74, 6) is 0. The number of rotatable bonds is 0. The topological polar surface area (TPSA) is 15.8 Å². The van der Waals surface area contributed by atoms with E-state index in [0.717, 1.165) is 31.3 Å². The SMILES string of the molecule is Clc1ccc2c(c1)[nH]c1c(Br)c(Cl)ccc12. The van der Waals surface area contributed by atoms with Gasteiger partial charge in [0, 0.05) is 21.3 Å². The summed E-state index contributed by atoms with van der Waals surface area (Å²) in [7, 11) is 0. The fourth-order valence-electron chi connectivity index (χ4n) is 1.89. The molecule has 0 aliphatic rings. The van der Waals surface area contributed by atoms with Crippen molar-refractivity contribution in [1.29, 1.82) is 0 Å².